The molecule has 24 heavy (non-hydrogen) atoms. The minimum absolute atomic E-state index is 0.109. The molecule has 2 aliphatic carbocycles. The number of carbonyl (C=O) groups is 1. The topological polar surface area (TPSA) is 26.3 Å². The molecule has 2 aromatic rings. The fourth-order valence-electron chi connectivity index (χ4n) is 4.72. The van der Waals surface area contributed by atoms with Crippen LogP contribution in [0.3, 0.4) is 0 Å². The van der Waals surface area contributed by atoms with Crippen LogP contribution in [0.25, 0.3) is 0 Å². The second-order valence-corrected chi connectivity index (χ2v) is 7.57. The molecule has 2 saturated carbocycles. The Morgan fingerprint density at radius 3 is 2.04 bits per heavy atom. The van der Waals surface area contributed by atoms with E-state index in [9.17, 15) is 4.79 Å². The Bertz CT molecular complexity index is 670. The third-order valence-electron chi connectivity index (χ3n) is 5.93. The number of fused-ring (bicyclic) bond motifs is 2. The lowest BCUT2D eigenvalue weighted by atomic mass is 9.85. The van der Waals surface area contributed by atoms with Crippen LogP contribution in [0.2, 0.25) is 0 Å². The van der Waals surface area contributed by atoms with Crippen molar-refractivity contribution in [1.82, 2.24) is 0 Å². The summed E-state index contributed by atoms with van der Waals surface area (Å²) >= 11 is 0. The molecule has 124 valence electrons. The van der Waals surface area contributed by atoms with Gasteiger partial charge in [-0.3, -0.25) is 4.79 Å². The predicted molar refractivity (Wildman–Crippen MR) is 94.7 cm³/mol. The van der Waals surface area contributed by atoms with E-state index in [4.69, 9.17) is 4.74 Å². The number of carbonyl (C=O) groups excluding carboxylic acids is 1. The van der Waals surface area contributed by atoms with Gasteiger partial charge < -0.3 is 4.74 Å². The maximum absolute atomic E-state index is 13.2. The van der Waals surface area contributed by atoms with Gasteiger partial charge in [0.25, 0.3) is 0 Å². The highest BCUT2D eigenvalue weighted by Gasteiger charge is 2.51. The lowest BCUT2D eigenvalue weighted by Gasteiger charge is -2.35. The molecular weight excluding hydrogens is 296 g/mol. The standard InChI is InChI=1S/C22H24O2/c1-22(15-16-12-13-19(22)14-16)24-21(23)20(17-8-4-2-5-9-17)18-10-6-3-7-11-18/h2-11,16,19-20H,12-15H2,1H3/t16-,19+,22-/m0/s1. The summed E-state index contributed by atoms with van der Waals surface area (Å²) < 4.78 is 6.16. The second-order valence-electron chi connectivity index (χ2n) is 7.57. The molecule has 0 unspecified atom stereocenters. The van der Waals surface area contributed by atoms with E-state index in [1.807, 2.05) is 60.7 Å². The van der Waals surface area contributed by atoms with Crippen molar-refractivity contribution < 1.29 is 9.53 Å². The third-order valence-corrected chi connectivity index (χ3v) is 5.93. The average Bonchev–Trinajstić information content (AvgIpc) is 3.17. The predicted octanol–water partition coefficient (Wildman–Crippen LogP) is 4.94. The molecule has 0 aromatic heterocycles. The molecule has 2 aromatic carbocycles. The minimum Gasteiger partial charge on any atom is -0.458 e. The van der Waals surface area contributed by atoms with Crippen LogP contribution in [0.15, 0.2) is 60.7 Å². The molecule has 0 N–H and O–H groups in total. The molecule has 0 amide bonds. The van der Waals surface area contributed by atoms with E-state index in [0.717, 1.165) is 23.5 Å². The van der Waals surface area contributed by atoms with Gasteiger partial charge in [0.2, 0.25) is 0 Å². The summed E-state index contributed by atoms with van der Waals surface area (Å²) in [5.74, 6) is 0.837. The van der Waals surface area contributed by atoms with Gasteiger partial charge in [0, 0.05) is 0 Å². The van der Waals surface area contributed by atoms with Gasteiger partial charge in [-0.05, 0) is 55.6 Å². The summed E-state index contributed by atoms with van der Waals surface area (Å²) in [7, 11) is 0. The van der Waals surface area contributed by atoms with Gasteiger partial charge in [0.1, 0.15) is 11.5 Å². The van der Waals surface area contributed by atoms with Crippen LogP contribution < -0.4 is 0 Å². The molecule has 2 bridgehead atoms. The van der Waals surface area contributed by atoms with Crippen LogP contribution in [-0.2, 0) is 9.53 Å². The molecule has 2 nitrogen and oxygen atoms in total. The van der Waals surface area contributed by atoms with Gasteiger partial charge in [0.15, 0.2) is 0 Å². The van der Waals surface area contributed by atoms with Crippen LogP contribution >= 0.6 is 0 Å². The van der Waals surface area contributed by atoms with Crippen LogP contribution in [0.5, 0.6) is 0 Å². The molecule has 0 heterocycles. The van der Waals surface area contributed by atoms with Gasteiger partial charge >= 0.3 is 5.97 Å². The van der Waals surface area contributed by atoms with E-state index >= 15 is 0 Å². The first kappa shape index (κ1) is 15.4. The molecule has 0 aliphatic heterocycles. The van der Waals surface area contributed by atoms with Crippen molar-refractivity contribution in [3.8, 4) is 0 Å². The summed E-state index contributed by atoms with van der Waals surface area (Å²) in [4.78, 5) is 13.2. The molecule has 4 rings (SSSR count). The zero-order chi connectivity index (χ0) is 16.6. The zero-order valence-electron chi connectivity index (χ0n) is 14.2. The van der Waals surface area contributed by atoms with Gasteiger partial charge in [-0.1, -0.05) is 60.7 Å². The minimum atomic E-state index is -0.344. The first-order chi connectivity index (χ1) is 11.7. The molecule has 2 aliphatic rings. The fourth-order valence-corrected chi connectivity index (χ4v) is 4.72. The quantitative estimate of drug-likeness (QED) is 0.746. The number of benzene rings is 2. The number of hydrogen-bond donors (Lipinski definition) is 0. The normalized spacial score (nSPS) is 28.2. The van der Waals surface area contributed by atoms with Gasteiger partial charge in [-0.15, -0.1) is 0 Å². The van der Waals surface area contributed by atoms with E-state index in [1.54, 1.807) is 0 Å². The largest absolute Gasteiger partial charge is 0.458 e. The first-order valence-electron chi connectivity index (χ1n) is 8.98. The molecule has 0 radical (unpaired) electrons. The van der Waals surface area contributed by atoms with Crippen LogP contribution in [0.4, 0.5) is 0 Å². The zero-order valence-corrected chi connectivity index (χ0v) is 14.2. The first-order valence-corrected chi connectivity index (χ1v) is 8.98. The summed E-state index contributed by atoms with van der Waals surface area (Å²) in [6, 6.07) is 20.0. The number of ether oxygens (including phenoxy) is 1. The Kier molecular flexibility index (Phi) is 3.91. The van der Waals surface area contributed by atoms with Crippen LogP contribution in [-0.4, -0.2) is 11.6 Å². The molecule has 2 fully saturated rings. The Balaban J connectivity index is 1.63. The van der Waals surface area contributed by atoms with Crippen molar-refractivity contribution in [2.24, 2.45) is 11.8 Å². The van der Waals surface area contributed by atoms with Crippen LogP contribution in [0.1, 0.15) is 49.7 Å². The van der Waals surface area contributed by atoms with Crippen molar-refractivity contribution in [1.29, 1.82) is 0 Å². The summed E-state index contributed by atoms with van der Waals surface area (Å²) in [6.07, 6.45) is 4.76. The van der Waals surface area contributed by atoms with Crippen molar-refractivity contribution in [3.05, 3.63) is 71.8 Å². The monoisotopic (exact) mass is 320 g/mol. The third kappa shape index (κ3) is 2.75. The molecule has 0 saturated heterocycles. The van der Waals surface area contributed by atoms with Crippen molar-refractivity contribution >= 4 is 5.97 Å². The van der Waals surface area contributed by atoms with E-state index in [-0.39, 0.29) is 17.5 Å². The van der Waals surface area contributed by atoms with E-state index in [2.05, 4.69) is 6.92 Å². The van der Waals surface area contributed by atoms with E-state index in [1.165, 1.54) is 19.3 Å². The van der Waals surface area contributed by atoms with Crippen molar-refractivity contribution in [3.63, 3.8) is 0 Å². The number of esters is 1. The Labute approximate surface area is 143 Å². The lowest BCUT2D eigenvalue weighted by molar-refractivity contribution is -0.164. The smallest absolute Gasteiger partial charge is 0.318 e. The van der Waals surface area contributed by atoms with Crippen molar-refractivity contribution in [2.45, 2.75) is 44.1 Å². The Morgan fingerprint density at radius 2 is 1.58 bits per heavy atom. The van der Waals surface area contributed by atoms with Crippen LogP contribution in [0, 0.1) is 11.8 Å². The van der Waals surface area contributed by atoms with E-state index < -0.39 is 0 Å². The number of rotatable bonds is 4. The maximum atomic E-state index is 13.2. The highest BCUT2D eigenvalue weighted by atomic mass is 16.6. The summed E-state index contributed by atoms with van der Waals surface area (Å²) in [5.41, 5.74) is 1.72. The second kappa shape index (κ2) is 6.08. The average molecular weight is 320 g/mol. The molecule has 0 spiro atoms. The summed E-state index contributed by atoms with van der Waals surface area (Å²) in [5, 5.41) is 0. The SMILES string of the molecule is C[C@]1(OC(=O)C(c2ccccc2)c2ccccc2)C[C@H]2CC[C@@H]1C2. The number of hydrogen-bond acceptors (Lipinski definition) is 2. The highest BCUT2D eigenvalue weighted by Crippen LogP contribution is 2.52. The van der Waals surface area contributed by atoms with Gasteiger partial charge in [-0.2, -0.15) is 0 Å². The molecule has 2 heteroatoms. The highest BCUT2D eigenvalue weighted by molar-refractivity contribution is 5.82. The van der Waals surface area contributed by atoms with Gasteiger partial charge in [-0.25, -0.2) is 0 Å². The van der Waals surface area contributed by atoms with E-state index in [0.29, 0.717) is 5.92 Å². The van der Waals surface area contributed by atoms with Crippen molar-refractivity contribution in [2.75, 3.05) is 0 Å². The Morgan fingerprint density at radius 1 is 1.00 bits per heavy atom. The Hall–Kier alpha value is -2.09. The fraction of sp³-hybridized carbons (Fsp3) is 0.409. The van der Waals surface area contributed by atoms with Gasteiger partial charge in [0.05, 0.1) is 0 Å². The maximum Gasteiger partial charge on any atom is 0.318 e. The lowest BCUT2D eigenvalue weighted by Crippen LogP contribution is -2.38. The summed E-state index contributed by atoms with van der Waals surface area (Å²) in [6.45, 7) is 2.14. The molecule has 3 atom stereocenters. The molecular formula is C22H24O2.